The maximum absolute atomic E-state index is 12.3. The second kappa shape index (κ2) is 11.0. The first-order chi connectivity index (χ1) is 11.4. The molecule has 0 aliphatic rings. The van der Waals surface area contributed by atoms with E-state index in [-0.39, 0.29) is 32.1 Å². The third-order valence-electron chi connectivity index (χ3n) is 3.16. The van der Waals surface area contributed by atoms with Crippen LogP contribution in [-0.2, 0) is 10.0 Å². The Morgan fingerprint density at radius 2 is 1.60 bits per heavy atom. The minimum atomic E-state index is -3.62. The zero-order chi connectivity index (χ0) is 18.2. The van der Waals surface area contributed by atoms with Crippen molar-refractivity contribution in [1.82, 2.24) is 4.72 Å². The number of sulfonamides is 1. The first kappa shape index (κ1) is 23.3. The van der Waals surface area contributed by atoms with Gasteiger partial charge in [-0.1, -0.05) is 31.7 Å². The average molecular weight is 372 g/mol. The molecule has 0 radical (unpaired) electrons. The molecule has 0 aliphatic heterocycles. The zero-order valence-electron chi connectivity index (χ0n) is 13.9. The van der Waals surface area contributed by atoms with E-state index in [1.807, 2.05) is 37.2 Å². The summed E-state index contributed by atoms with van der Waals surface area (Å²) in [5.41, 5.74) is 5.74. The van der Waals surface area contributed by atoms with Crippen LogP contribution in [0.25, 0.3) is 10.8 Å². The summed E-state index contributed by atoms with van der Waals surface area (Å²) in [4.78, 5) is 2.17. The molecule has 0 spiro atoms. The molecular formula is C17H29N3O4S. The van der Waals surface area contributed by atoms with Crippen molar-refractivity contribution in [3.8, 4) is 0 Å². The number of nitrogens with one attached hydrogen (secondary N) is 1. The van der Waals surface area contributed by atoms with Crippen LogP contribution in [0.4, 0.5) is 5.69 Å². The van der Waals surface area contributed by atoms with Gasteiger partial charge in [-0.3, -0.25) is 0 Å². The summed E-state index contributed by atoms with van der Waals surface area (Å²) < 4.78 is 26.9. The molecule has 0 saturated heterocycles. The number of aliphatic hydroxyl groups is 2. The summed E-state index contributed by atoms with van der Waals surface area (Å²) >= 11 is 0. The van der Waals surface area contributed by atoms with Crippen LogP contribution in [0.1, 0.15) is 7.43 Å². The number of fused-ring (bicyclic) bond motifs is 1. The number of anilines is 1. The molecule has 142 valence electrons. The second-order valence-electron chi connectivity index (χ2n) is 5.16. The van der Waals surface area contributed by atoms with Gasteiger partial charge in [0.15, 0.2) is 0 Å². The summed E-state index contributed by atoms with van der Waals surface area (Å²) in [7, 11) is 0.213. The number of nitrogens with two attached hydrogens (primary N) is 1. The average Bonchev–Trinajstić information content (AvgIpc) is 2.59. The fourth-order valence-corrected chi connectivity index (χ4v) is 3.39. The maximum Gasteiger partial charge on any atom is 0.241 e. The molecule has 0 aliphatic carbocycles. The van der Waals surface area contributed by atoms with Crippen LogP contribution in [0.15, 0.2) is 41.3 Å². The van der Waals surface area contributed by atoms with Crippen molar-refractivity contribution in [2.75, 3.05) is 45.3 Å². The fraction of sp³-hybridized carbons (Fsp3) is 0.412. The minimum Gasteiger partial charge on any atom is -0.395 e. The van der Waals surface area contributed by atoms with E-state index in [1.165, 1.54) is 0 Å². The van der Waals surface area contributed by atoms with Crippen molar-refractivity contribution in [2.45, 2.75) is 12.3 Å². The number of hydrogen-bond acceptors (Lipinski definition) is 6. The highest BCUT2D eigenvalue weighted by atomic mass is 32.2. The van der Waals surface area contributed by atoms with E-state index in [4.69, 9.17) is 15.9 Å². The highest BCUT2D eigenvalue weighted by Crippen LogP contribution is 2.29. The number of aliphatic hydroxyl groups excluding tert-OH is 2. The van der Waals surface area contributed by atoms with E-state index in [1.54, 1.807) is 18.2 Å². The Bertz CT molecular complexity index is 747. The lowest BCUT2D eigenvalue weighted by Crippen LogP contribution is -2.26. The lowest BCUT2D eigenvalue weighted by atomic mass is 10.1. The van der Waals surface area contributed by atoms with Gasteiger partial charge < -0.3 is 20.8 Å². The number of rotatable bonds is 6. The SMILES string of the molecule is C.CN(C)c1cccc2c(S(=O)(=O)NCCO)cccc12.NCCO. The Kier molecular flexibility index (Phi) is 10.3. The van der Waals surface area contributed by atoms with Crippen molar-refractivity contribution in [3.05, 3.63) is 36.4 Å². The van der Waals surface area contributed by atoms with E-state index >= 15 is 0 Å². The quantitative estimate of drug-likeness (QED) is 0.595. The van der Waals surface area contributed by atoms with Crippen molar-refractivity contribution in [3.63, 3.8) is 0 Å². The minimum absolute atomic E-state index is 0. The second-order valence-corrected chi connectivity index (χ2v) is 6.89. The highest BCUT2D eigenvalue weighted by molar-refractivity contribution is 7.89. The lowest BCUT2D eigenvalue weighted by Gasteiger charge is -2.17. The third kappa shape index (κ3) is 6.26. The Balaban J connectivity index is 0.00000104. The first-order valence-corrected chi connectivity index (χ1v) is 8.98. The van der Waals surface area contributed by atoms with Crippen molar-refractivity contribution in [2.24, 2.45) is 5.73 Å². The van der Waals surface area contributed by atoms with Crippen LogP contribution in [-0.4, -0.2) is 59.0 Å². The number of benzene rings is 2. The van der Waals surface area contributed by atoms with Gasteiger partial charge in [-0.05, 0) is 12.1 Å². The van der Waals surface area contributed by atoms with Gasteiger partial charge in [0.05, 0.1) is 18.1 Å². The first-order valence-electron chi connectivity index (χ1n) is 7.49. The van der Waals surface area contributed by atoms with Crippen LogP contribution in [0.3, 0.4) is 0 Å². The Hall–Kier alpha value is -1.71. The molecule has 8 heteroatoms. The molecule has 2 aromatic carbocycles. The van der Waals surface area contributed by atoms with Gasteiger partial charge in [-0.15, -0.1) is 0 Å². The molecule has 0 bridgehead atoms. The van der Waals surface area contributed by atoms with Gasteiger partial charge in [0.25, 0.3) is 0 Å². The lowest BCUT2D eigenvalue weighted by molar-refractivity contribution is 0.301. The van der Waals surface area contributed by atoms with Crippen LogP contribution in [0.5, 0.6) is 0 Å². The topological polar surface area (TPSA) is 116 Å². The van der Waals surface area contributed by atoms with Gasteiger partial charge in [0.2, 0.25) is 10.0 Å². The van der Waals surface area contributed by atoms with Crippen LogP contribution in [0, 0.1) is 0 Å². The molecule has 0 fully saturated rings. The maximum atomic E-state index is 12.3. The predicted molar refractivity (Wildman–Crippen MR) is 103 cm³/mol. The van der Waals surface area contributed by atoms with Crippen molar-refractivity contribution >= 4 is 26.5 Å². The van der Waals surface area contributed by atoms with Gasteiger partial charge >= 0.3 is 0 Å². The monoisotopic (exact) mass is 371 g/mol. The van der Waals surface area contributed by atoms with E-state index < -0.39 is 10.0 Å². The smallest absolute Gasteiger partial charge is 0.241 e. The standard InChI is InChI=1S/C14H18N2O3S.C2H7NO.CH4/c1-16(2)13-7-3-6-12-11(13)5-4-8-14(12)20(18,19)15-9-10-17;3-1-2-4;/h3-8,15,17H,9-10H2,1-2H3;4H,1-3H2;1H4. The molecule has 0 amide bonds. The molecule has 2 rings (SSSR count). The van der Waals surface area contributed by atoms with E-state index in [2.05, 4.69) is 4.72 Å². The molecule has 0 aromatic heterocycles. The molecular weight excluding hydrogens is 342 g/mol. The summed E-state index contributed by atoms with van der Waals surface area (Å²) in [6.07, 6.45) is 0. The summed E-state index contributed by atoms with van der Waals surface area (Å²) in [5.74, 6) is 0. The highest BCUT2D eigenvalue weighted by Gasteiger charge is 2.17. The van der Waals surface area contributed by atoms with Crippen molar-refractivity contribution in [1.29, 1.82) is 0 Å². The Labute approximate surface area is 150 Å². The normalized spacial score (nSPS) is 10.6. The van der Waals surface area contributed by atoms with Crippen LogP contribution < -0.4 is 15.4 Å². The summed E-state index contributed by atoms with van der Waals surface area (Å²) in [5, 5.41) is 18.1. The van der Waals surface area contributed by atoms with E-state index in [0.717, 1.165) is 11.1 Å². The fourth-order valence-electron chi connectivity index (χ4n) is 2.15. The Morgan fingerprint density at radius 1 is 1.04 bits per heavy atom. The zero-order valence-corrected chi connectivity index (χ0v) is 14.8. The Morgan fingerprint density at radius 3 is 2.12 bits per heavy atom. The van der Waals surface area contributed by atoms with Gasteiger partial charge in [-0.2, -0.15) is 0 Å². The van der Waals surface area contributed by atoms with Crippen LogP contribution >= 0.6 is 0 Å². The molecule has 25 heavy (non-hydrogen) atoms. The molecule has 0 saturated carbocycles. The van der Waals surface area contributed by atoms with E-state index in [9.17, 15) is 8.42 Å². The molecule has 0 atom stereocenters. The van der Waals surface area contributed by atoms with Gasteiger partial charge in [0, 0.05) is 43.6 Å². The predicted octanol–water partition coefficient (Wildman–Crippen LogP) is 0.750. The largest absolute Gasteiger partial charge is 0.395 e. The van der Waals surface area contributed by atoms with Gasteiger partial charge in [0.1, 0.15) is 0 Å². The van der Waals surface area contributed by atoms with Gasteiger partial charge in [-0.25, -0.2) is 13.1 Å². The molecule has 2 aromatic rings. The number of nitrogens with zero attached hydrogens (tertiary/aromatic N) is 1. The molecule has 7 nitrogen and oxygen atoms in total. The molecule has 5 N–H and O–H groups in total. The van der Waals surface area contributed by atoms with Crippen molar-refractivity contribution < 1.29 is 18.6 Å². The van der Waals surface area contributed by atoms with E-state index in [0.29, 0.717) is 11.9 Å². The summed E-state index contributed by atoms with van der Waals surface area (Å²) in [6.45, 7) is 0.249. The third-order valence-corrected chi connectivity index (χ3v) is 4.68. The van der Waals surface area contributed by atoms with Crippen LogP contribution in [0.2, 0.25) is 0 Å². The number of hydrogen-bond donors (Lipinski definition) is 4. The summed E-state index contributed by atoms with van der Waals surface area (Å²) in [6, 6.07) is 10.8. The molecule has 0 unspecified atom stereocenters. The molecule has 0 heterocycles.